The van der Waals surface area contributed by atoms with Gasteiger partial charge in [0.2, 0.25) is 5.91 Å². The number of hydrogen-bond acceptors (Lipinski definition) is 3. The Morgan fingerprint density at radius 2 is 2.00 bits per heavy atom. The van der Waals surface area contributed by atoms with Crippen molar-refractivity contribution in [2.24, 2.45) is 5.92 Å². The van der Waals surface area contributed by atoms with Gasteiger partial charge in [0.15, 0.2) is 0 Å². The van der Waals surface area contributed by atoms with E-state index in [9.17, 15) is 4.79 Å². The Kier molecular flexibility index (Phi) is 4.33. The highest BCUT2D eigenvalue weighted by molar-refractivity contribution is 5.82. The van der Waals surface area contributed by atoms with Crippen LogP contribution in [-0.2, 0) is 22.5 Å². The number of fused-ring (bicyclic) bond motifs is 1. The summed E-state index contributed by atoms with van der Waals surface area (Å²) in [4.78, 5) is 12.2. The number of rotatable bonds is 3. The highest BCUT2D eigenvalue weighted by Gasteiger charge is 2.24. The molecule has 0 aromatic heterocycles. The fourth-order valence-electron chi connectivity index (χ4n) is 2.96. The predicted octanol–water partition coefficient (Wildman–Crippen LogP) is 1.24. The summed E-state index contributed by atoms with van der Waals surface area (Å²) in [6.07, 6.45) is 2.90. The molecule has 2 N–H and O–H groups in total. The lowest BCUT2D eigenvalue weighted by molar-refractivity contribution is -0.123. The second kappa shape index (κ2) is 6.37. The van der Waals surface area contributed by atoms with Gasteiger partial charge in [-0.3, -0.25) is 4.79 Å². The SMILES string of the molecule is O=C(NCC1CCOCC1)C1Cc2ccccc2CN1. The van der Waals surface area contributed by atoms with E-state index in [0.29, 0.717) is 5.92 Å². The number of carbonyl (C=O) groups is 1. The summed E-state index contributed by atoms with van der Waals surface area (Å²) in [6.45, 7) is 3.22. The van der Waals surface area contributed by atoms with E-state index >= 15 is 0 Å². The molecule has 3 rings (SSSR count). The van der Waals surface area contributed by atoms with E-state index in [4.69, 9.17) is 4.74 Å². The third-order valence-electron chi connectivity index (χ3n) is 4.30. The van der Waals surface area contributed by atoms with Gasteiger partial charge in [-0.05, 0) is 36.3 Å². The minimum atomic E-state index is -0.0928. The van der Waals surface area contributed by atoms with Crippen LogP contribution in [0.2, 0.25) is 0 Å². The average Bonchev–Trinajstić information content (AvgIpc) is 2.53. The van der Waals surface area contributed by atoms with E-state index in [0.717, 1.165) is 45.6 Å². The summed E-state index contributed by atoms with van der Waals surface area (Å²) in [5.74, 6) is 0.703. The number of ether oxygens (including phenoxy) is 1. The fraction of sp³-hybridized carbons (Fsp3) is 0.562. The second-order valence-electron chi connectivity index (χ2n) is 5.71. The van der Waals surface area contributed by atoms with Crippen LogP contribution in [0.15, 0.2) is 24.3 Å². The first kappa shape index (κ1) is 13.6. The molecule has 1 unspecified atom stereocenters. The normalized spacial score (nSPS) is 23.1. The summed E-state index contributed by atoms with van der Waals surface area (Å²) in [7, 11) is 0. The van der Waals surface area contributed by atoms with Gasteiger partial charge in [-0.2, -0.15) is 0 Å². The number of benzene rings is 1. The van der Waals surface area contributed by atoms with Crippen molar-refractivity contribution in [3.05, 3.63) is 35.4 Å². The molecule has 1 aromatic carbocycles. The molecule has 1 amide bonds. The highest BCUT2D eigenvalue weighted by Crippen LogP contribution is 2.17. The molecule has 2 heterocycles. The topological polar surface area (TPSA) is 50.4 Å². The quantitative estimate of drug-likeness (QED) is 0.872. The Morgan fingerprint density at radius 1 is 1.25 bits per heavy atom. The van der Waals surface area contributed by atoms with Crippen LogP contribution in [0.25, 0.3) is 0 Å². The Bertz CT molecular complexity index is 469. The predicted molar refractivity (Wildman–Crippen MR) is 77.3 cm³/mol. The maximum absolute atomic E-state index is 12.2. The molecule has 0 saturated carbocycles. The Hall–Kier alpha value is -1.39. The standard InChI is InChI=1S/C16H22N2O2/c19-16(18-10-12-5-7-20-8-6-12)15-9-13-3-1-2-4-14(13)11-17-15/h1-4,12,15,17H,5-11H2,(H,18,19). The van der Waals surface area contributed by atoms with Crippen molar-refractivity contribution in [1.82, 2.24) is 10.6 Å². The number of hydrogen-bond donors (Lipinski definition) is 2. The molecular formula is C16H22N2O2. The third kappa shape index (κ3) is 3.19. The van der Waals surface area contributed by atoms with Gasteiger partial charge in [-0.1, -0.05) is 24.3 Å². The van der Waals surface area contributed by atoms with Crippen LogP contribution in [0.3, 0.4) is 0 Å². The van der Waals surface area contributed by atoms with E-state index in [1.54, 1.807) is 0 Å². The van der Waals surface area contributed by atoms with Gasteiger partial charge in [0, 0.05) is 26.3 Å². The Labute approximate surface area is 119 Å². The molecule has 0 radical (unpaired) electrons. The van der Waals surface area contributed by atoms with Gasteiger partial charge >= 0.3 is 0 Å². The second-order valence-corrected chi connectivity index (χ2v) is 5.71. The third-order valence-corrected chi connectivity index (χ3v) is 4.30. The van der Waals surface area contributed by atoms with Crippen molar-refractivity contribution in [3.63, 3.8) is 0 Å². The minimum Gasteiger partial charge on any atom is -0.381 e. The molecule has 108 valence electrons. The van der Waals surface area contributed by atoms with Gasteiger partial charge in [0.05, 0.1) is 6.04 Å². The average molecular weight is 274 g/mol. The molecule has 2 aliphatic rings. The van der Waals surface area contributed by atoms with Gasteiger partial charge < -0.3 is 15.4 Å². The first-order valence-corrected chi connectivity index (χ1v) is 7.48. The van der Waals surface area contributed by atoms with Crippen molar-refractivity contribution < 1.29 is 9.53 Å². The molecule has 4 nitrogen and oxygen atoms in total. The van der Waals surface area contributed by atoms with E-state index in [1.165, 1.54) is 11.1 Å². The van der Waals surface area contributed by atoms with E-state index in [-0.39, 0.29) is 11.9 Å². The van der Waals surface area contributed by atoms with Gasteiger partial charge in [0.1, 0.15) is 0 Å². The molecule has 0 bridgehead atoms. The van der Waals surface area contributed by atoms with Crippen molar-refractivity contribution in [2.75, 3.05) is 19.8 Å². The van der Waals surface area contributed by atoms with Gasteiger partial charge in [-0.25, -0.2) is 0 Å². The molecular weight excluding hydrogens is 252 g/mol. The van der Waals surface area contributed by atoms with Crippen LogP contribution in [0.1, 0.15) is 24.0 Å². The summed E-state index contributed by atoms with van der Waals surface area (Å²) < 4.78 is 5.34. The molecule has 4 heteroatoms. The zero-order valence-corrected chi connectivity index (χ0v) is 11.7. The van der Waals surface area contributed by atoms with Crippen molar-refractivity contribution in [3.8, 4) is 0 Å². The summed E-state index contributed by atoms with van der Waals surface area (Å²) in [5.41, 5.74) is 2.60. The monoisotopic (exact) mass is 274 g/mol. The zero-order valence-electron chi connectivity index (χ0n) is 11.7. The Morgan fingerprint density at radius 3 is 2.80 bits per heavy atom. The highest BCUT2D eigenvalue weighted by atomic mass is 16.5. The van der Waals surface area contributed by atoms with E-state index in [2.05, 4.69) is 22.8 Å². The Balaban J connectivity index is 1.51. The number of nitrogens with one attached hydrogen (secondary N) is 2. The number of carbonyl (C=O) groups excluding carboxylic acids is 1. The molecule has 0 spiro atoms. The zero-order chi connectivity index (χ0) is 13.8. The largest absolute Gasteiger partial charge is 0.381 e. The van der Waals surface area contributed by atoms with Crippen LogP contribution >= 0.6 is 0 Å². The molecule has 20 heavy (non-hydrogen) atoms. The molecule has 1 fully saturated rings. The van der Waals surface area contributed by atoms with Crippen LogP contribution in [-0.4, -0.2) is 31.7 Å². The minimum absolute atomic E-state index is 0.0928. The fourth-order valence-corrected chi connectivity index (χ4v) is 2.96. The summed E-state index contributed by atoms with van der Waals surface area (Å²) in [5, 5.41) is 6.42. The van der Waals surface area contributed by atoms with Crippen LogP contribution < -0.4 is 10.6 Å². The molecule has 1 aromatic rings. The van der Waals surface area contributed by atoms with Crippen molar-refractivity contribution >= 4 is 5.91 Å². The van der Waals surface area contributed by atoms with Crippen LogP contribution in [0.4, 0.5) is 0 Å². The van der Waals surface area contributed by atoms with Crippen LogP contribution in [0.5, 0.6) is 0 Å². The molecule has 1 atom stereocenters. The summed E-state index contributed by atoms with van der Waals surface area (Å²) in [6, 6.07) is 8.24. The maximum atomic E-state index is 12.2. The maximum Gasteiger partial charge on any atom is 0.237 e. The lowest BCUT2D eigenvalue weighted by atomic mass is 9.95. The van der Waals surface area contributed by atoms with Gasteiger partial charge in [0.25, 0.3) is 0 Å². The lowest BCUT2D eigenvalue weighted by Gasteiger charge is -2.27. The molecule has 1 saturated heterocycles. The van der Waals surface area contributed by atoms with E-state index in [1.807, 2.05) is 12.1 Å². The first-order chi connectivity index (χ1) is 9.83. The van der Waals surface area contributed by atoms with Crippen molar-refractivity contribution in [2.45, 2.75) is 31.8 Å². The van der Waals surface area contributed by atoms with Crippen LogP contribution in [0, 0.1) is 5.92 Å². The first-order valence-electron chi connectivity index (χ1n) is 7.48. The lowest BCUT2D eigenvalue weighted by Crippen LogP contribution is -2.48. The molecule has 2 aliphatic heterocycles. The summed E-state index contributed by atoms with van der Waals surface area (Å²) >= 11 is 0. The van der Waals surface area contributed by atoms with Crippen molar-refractivity contribution in [1.29, 1.82) is 0 Å². The molecule has 0 aliphatic carbocycles. The van der Waals surface area contributed by atoms with E-state index < -0.39 is 0 Å². The van der Waals surface area contributed by atoms with Gasteiger partial charge in [-0.15, -0.1) is 0 Å². The smallest absolute Gasteiger partial charge is 0.237 e. The number of amides is 1.